The van der Waals surface area contributed by atoms with Gasteiger partial charge in [0.1, 0.15) is 5.76 Å². The molecule has 3 rings (SSSR count). The number of carbonyl (C=O) groups is 1. The fourth-order valence-corrected chi connectivity index (χ4v) is 3.36. The van der Waals surface area contributed by atoms with Crippen LogP contribution in [0.1, 0.15) is 29.9 Å². The Kier molecular flexibility index (Phi) is 5.86. The van der Waals surface area contributed by atoms with Crippen LogP contribution in [0.2, 0.25) is 0 Å². The second-order valence-electron chi connectivity index (χ2n) is 6.73. The van der Waals surface area contributed by atoms with E-state index in [0.29, 0.717) is 6.54 Å². The second-order valence-corrected chi connectivity index (χ2v) is 6.73. The molecule has 2 aliphatic heterocycles. The Labute approximate surface area is 143 Å². The van der Waals surface area contributed by atoms with Crippen LogP contribution in [0.5, 0.6) is 0 Å². The van der Waals surface area contributed by atoms with Gasteiger partial charge in [-0.15, -0.1) is 0 Å². The molecule has 24 heavy (non-hydrogen) atoms. The fourth-order valence-electron chi connectivity index (χ4n) is 3.36. The van der Waals surface area contributed by atoms with Crippen LogP contribution in [0, 0.1) is 13.8 Å². The Morgan fingerprint density at radius 2 is 2.08 bits per heavy atom. The first-order chi connectivity index (χ1) is 11.6. The predicted molar refractivity (Wildman–Crippen MR) is 89.7 cm³/mol. The lowest BCUT2D eigenvalue weighted by molar-refractivity contribution is -0.132. The van der Waals surface area contributed by atoms with Crippen LogP contribution in [-0.4, -0.2) is 72.8 Å². The van der Waals surface area contributed by atoms with Gasteiger partial charge in [-0.3, -0.25) is 9.69 Å². The van der Waals surface area contributed by atoms with Crippen LogP contribution in [0.15, 0.2) is 4.52 Å². The van der Waals surface area contributed by atoms with Gasteiger partial charge < -0.3 is 19.5 Å². The van der Waals surface area contributed by atoms with E-state index in [1.54, 1.807) is 0 Å². The highest BCUT2D eigenvalue weighted by atomic mass is 16.5. The van der Waals surface area contributed by atoms with Crippen molar-refractivity contribution in [2.75, 3.05) is 45.9 Å². The average Bonchev–Trinajstić information content (AvgIpc) is 3.21. The molecule has 0 saturated carbocycles. The molecule has 1 amide bonds. The number of amides is 1. The summed E-state index contributed by atoms with van der Waals surface area (Å²) in [6.07, 6.45) is 2.51. The van der Waals surface area contributed by atoms with Crippen LogP contribution >= 0.6 is 0 Å². The number of carbonyl (C=O) groups excluding carboxylic acids is 1. The van der Waals surface area contributed by atoms with Crippen LogP contribution in [-0.2, 0) is 16.1 Å². The van der Waals surface area contributed by atoms with Crippen LogP contribution < -0.4 is 5.32 Å². The number of piperazine rings is 1. The highest BCUT2D eigenvalue weighted by molar-refractivity contribution is 5.78. The first-order valence-corrected chi connectivity index (χ1v) is 8.87. The summed E-state index contributed by atoms with van der Waals surface area (Å²) < 4.78 is 10.8. The summed E-state index contributed by atoms with van der Waals surface area (Å²) >= 11 is 0. The molecule has 1 unspecified atom stereocenters. The van der Waals surface area contributed by atoms with Crippen molar-refractivity contribution in [3.05, 3.63) is 17.0 Å². The Morgan fingerprint density at radius 3 is 2.71 bits per heavy atom. The van der Waals surface area contributed by atoms with E-state index in [1.807, 2.05) is 18.7 Å². The number of nitrogens with one attached hydrogen (secondary N) is 1. The Hall–Kier alpha value is -1.44. The van der Waals surface area contributed by atoms with Crippen molar-refractivity contribution in [2.24, 2.45) is 0 Å². The van der Waals surface area contributed by atoms with Gasteiger partial charge in [-0.1, -0.05) is 5.16 Å². The van der Waals surface area contributed by atoms with E-state index in [4.69, 9.17) is 9.26 Å². The zero-order chi connectivity index (χ0) is 16.9. The van der Waals surface area contributed by atoms with Gasteiger partial charge in [-0.2, -0.15) is 0 Å². The molecule has 1 aromatic rings. The highest BCUT2D eigenvalue weighted by Gasteiger charge is 2.23. The van der Waals surface area contributed by atoms with Crippen molar-refractivity contribution in [3.63, 3.8) is 0 Å². The van der Waals surface area contributed by atoms with Gasteiger partial charge in [0.05, 0.1) is 18.3 Å². The van der Waals surface area contributed by atoms with Crippen molar-refractivity contribution in [2.45, 2.75) is 39.3 Å². The quantitative estimate of drug-likeness (QED) is 0.825. The van der Waals surface area contributed by atoms with E-state index in [0.717, 1.165) is 70.2 Å². The molecule has 1 N–H and O–H groups in total. The lowest BCUT2D eigenvalue weighted by atomic mass is 10.2. The molecule has 0 radical (unpaired) electrons. The maximum atomic E-state index is 12.3. The van der Waals surface area contributed by atoms with Crippen molar-refractivity contribution < 1.29 is 14.1 Å². The lowest BCUT2D eigenvalue weighted by Crippen LogP contribution is -2.50. The maximum Gasteiger partial charge on any atom is 0.236 e. The van der Waals surface area contributed by atoms with Gasteiger partial charge in [-0.25, -0.2) is 0 Å². The van der Waals surface area contributed by atoms with E-state index in [1.165, 1.54) is 5.56 Å². The molecular formula is C17H28N4O3. The number of ether oxygens (including phenoxy) is 1. The van der Waals surface area contributed by atoms with Gasteiger partial charge in [0.25, 0.3) is 0 Å². The van der Waals surface area contributed by atoms with Crippen LogP contribution in [0.3, 0.4) is 0 Å². The van der Waals surface area contributed by atoms with Gasteiger partial charge in [0.15, 0.2) is 0 Å². The molecule has 2 saturated heterocycles. The molecule has 3 heterocycles. The standard InChI is InChI=1S/C17H28N4O3/c1-13-16(14(2)24-19-13)12-20-5-7-21(8-6-20)17(22)11-18-10-15-4-3-9-23-15/h15,18H,3-12H2,1-2H3. The van der Waals surface area contributed by atoms with Gasteiger partial charge in [-0.05, 0) is 26.7 Å². The number of aryl methyl sites for hydroxylation is 2. The third-order valence-corrected chi connectivity index (χ3v) is 4.96. The third-order valence-electron chi connectivity index (χ3n) is 4.96. The number of rotatable bonds is 6. The highest BCUT2D eigenvalue weighted by Crippen LogP contribution is 2.16. The summed E-state index contributed by atoms with van der Waals surface area (Å²) in [6.45, 7) is 10.2. The van der Waals surface area contributed by atoms with Gasteiger partial charge in [0.2, 0.25) is 5.91 Å². The van der Waals surface area contributed by atoms with Crippen molar-refractivity contribution in [3.8, 4) is 0 Å². The number of hydrogen-bond donors (Lipinski definition) is 1. The van der Waals surface area contributed by atoms with Crippen molar-refractivity contribution in [1.29, 1.82) is 0 Å². The summed E-state index contributed by atoms with van der Waals surface area (Å²) in [5, 5.41) is 7.24. The second kappa shape index (κ2) is 8.09. The summed E-state index contributed by atoms with van der Waals surface area (Å²) in [5.41, 5.74) is 2.14. The summed E-state index contributed by atoms with van der Waals surface area (Å²) in [4.78, 5) is 16.6. The van der Waals surface area contributed by atoms with Gasteiger partial charge >= 0.3 is 0 Å². The fraction of sp³-hybridized carbons (Fsp3) is 0.765. The molecule has 2 aliphatic rings. The van der Waals surface area contributed by atoms with Crippen molar-refractivity contribution >= 4 is 5.91 Å². The van der Waals surface area contributed by atoms with Crippen LogP contribution in [0.4, 0.5) is 0 Å². The summed E-state index contributed by atoms with van der Waals surface area (Å²) in [5.74, 6) is 1.08. The molecular weight excluding hydrogens is 308 g/mol. The number of aromatic nitrogens is 1. The summed E-state index contributed by atoms with van der Waals surface area (Å²) in [7, 11) is 0. The minimum atomic E-state index is 0.185. The maximum absolute atomic E-state index is 12.3. The molecule has 1 atom stereocenters. The predicted octanol–water partition coefficient (Wildman–Crippen LogP) is 0.704. The zero-order valence-electron chi connectivity index (χ0n) is 14.7. The molecule has 0 bridgehead atoms. The topological polar surface area (TPSA) is 70.8 Å². The van der Waals surface area contributed by atoms with Gasteiger partial charge in [0, 0.05) is 51.4 Å². The van der Waals surface area contributed by atoms with E-state index < -0.39 is 0 Å². The van der Waals surface area contributed by atoms with E-state index in [9.17, 15) is 4.79 Å². The molecule has 134 valence electrons. The minimum absolute atomic E-state index is 0.185. The normalized spacial score (nSPS) is 22.2. The lowest BCUT2D eigenvalue weighted by Gasteiger charge is -2.34. The Bertz CT molecular complexity index is 527. The molecule has 7 heteroatoms. The molecule has 1 aromatic heterocycles. The Balaban J connectivity index is 1.37. The monoisotopic (exact) mass is 336 g/mol. The Morgan fingerprint density at radius 1 is 1.29 bits per heavy atom. The molecule has 0 spiro atoms. The molecule has 7 nitrogen and oxygen atoms in total. The van der Waals surface area contributed by atoms with E-state index in [2.05, 4.69) is 15.4 Å². The minimum Gasteiger partial charge on any atom is -0.377 e. The number of nitrogens with zero attached hydrogens (tertiary/aromatic N) is 3. The third kappa shape index (κ3) is 4.34. The zero-order valence-corrected chi connectivity index (χ0v) is 14.7. The average molecular weight is 336 g/mol. The first kappa shape index (κ1) is 17.4. The number of hydrogen-bond acceptors (Lipinski definition) is 6. The molecule has 0 aliphatic carbocycles. The van der Waals surface area contributed by atoms with E-state index >= 15 is 0 Å². The van der Waals surface area contributed by atoms with E-state index in [-0.39, 0.29) is 12.0 Å². The van der Waals surface area contributed by atoms with Crippen LogP contribution in [0.25, 0.3) is 0 Å². The SMILES string of the molecule is Cc1noc(C)c1CN1CCN(C(=O)CNCC2CCCO2)CC1. The first-order valence-electron chi connectivity index (χ1n) is 8.87. The smallest absolute Gasteiger partial charge is 0.236 e. The molecule has 0 aromatic carbocycles. The van der Waals surface area contributed by atoms with Crippen molar-refractivity contribution in [1.82, 2.24) is 20.3 Å². The largest absolute Gasteiger partial charge is 0.377 e. The molecule has 2 fully saturated rings. The summed E-state index contributed by atoms with van der Waals surface area (Å²) in [6, 6.07) is 0.